The van der Waals surface area contributed by atoms with Gasteiger partial charge in [-0.05, 0) is 48.0 Å². The van der Waals surface area contributed by atoms with E-state index in [-0.39, 0.29) is 17.9 Å². The number of hydrogen-bond acceptors (Lipinski definition) is 6. The molecule has 3 heterocycles. The van der Waals surface area contributed by atoms with Gasteiger partial charge in [-0.25, -0.2) is 4.39 Å². The molecule has 8 heteroatoms. The first-order valence-corrected chi connectivity index (χ1v) is 9.99. The Labute approximate surface area is 182 Å². The lowest BCUT2D eigenvalue weighted by Crippen LogP contribution is -2.29. The Morgan fingerprint density at radius 1 is 1.03 bits per heavy atom. The van der Waals surface area contributed by atoms with Crippen molar-refractivity contribution in [2.24, 2.45) is 0 Å². The molecule has 5 rings (SSSR count). The molecule has 1 atom stereocenters. The minimum atomic E-state index is -0.922. The molecular weight excluding hydrogens is 417 g/mol. The molecule has 0 bridgehead atoms. The molecule has 1 aromatic heterocycles. The summed E-state index contributed by atoms with van der Waals surface area (Å²) in [7, 11) is 0. The van der Waals surface area contributed by atoms with Gasteiger partial charge in [-0.2, -0.15) is 0 Å². The first kappa shape index (κ1) is 19.9. The van der Waals surface area contributed by atoms with Gasteiger partial charge in [0.25, 0.3) is 11.7 Å². The van der Waals surface area contributed by atoms with E-state index in [0.29, 0.717) is 41.6 Å². The quantitative estimate of drug-likeness (QED) is 0.381. The third-order valence-corrected chi connectivity index (χ3v) is 5.45. The monoisotopic (exact) mass is 435 g/mol. The number of furan rings is 1. The average Bonchev–Trinajstić information content (AvgIpc) is 3.41. The number of hydrogen-bond donors (Lipinski definition) is 1. The Hall–Kier alpha value is -4.07. The van der Waals surface area contributed by atoms with E-state index >= 15 is 0 Å². The van der Waals surface area contributed by atoms with Crippen LogP contribution in [0.2, 0.25) is 0 Å². The Balaban J connectivity index is 1.63. The van der Waals surface area contributed by atoms with Gasteiger partial charge < -0.3 is 23.9 Å². The highest BCUT2D eigenvalue weighted by Gasteiger charge is 2.46. The van der Waals surface area contributed by atoms with Crippen molar-refractivity contribution in [3.05, 3.63) is 89.1 Å². The van der Waals surface area contributed by atoms with E-state index < -0.39 is 23.5 Å². The van der Waals surface area contributed by atoms with Crippen LogP contribution < -0.4 is 9.47 Å². The van der Waals surface area contributed by atoms with E-state index in [1.165, 1.54) is 35.4 Å². The molecular formula is C24H18FNO6. The lowest BCUT2D eigenvalue weighted by atomic mass is 9.95. The Morgan fingerprint density at radius 2 is 1.78 bits per heavy atom. The second kappa shape index (κ2) is 7.88. The predicted molar refractivity (Wildman–Crippen MR) is 110 cm³/mol. The SMILES string of the molecule is O=C1C(=O)N(Cc2ccco2)C(c2ccc(F)cc2)/C1=C(\O)c1ccc2c(c1)OCCO2. The molecule has 32 heavy (non-hydrogen) atoms. The third kappa shape index (κ3) is 3.39. The maximum absolute atomic E-state index is 13.6. The number of ketones is 1. The molecule has 1 unspecified atom stereocenters. The summed E-state index contributed by atoms with van der Waals surface area (Å²) < 4.78 is 30.0. The highest BCUT2D eigenvalue weighted by Crippen LogP contribution is 2.41. The minimum Gasteiger partial charge on any atom is -0.507 e. The summed E-state index contributed by atoms with van der Waals surface area (Å²) in [6.07, 6.45) is 1.47. The van der Waals surface area contributed by atoms with E-state index in [1.54, 1.807) is 30.3 Å². The average molecular weight is 435 g/mol. The Morgan fingerprint density at radius 3 is 2.50 bits per heavy atom. The van der Waals surface area contributed by atoms with Crippen molar-refractivity contribution in [1.29, 1.82) is 0 Å². The second-order valence-electron chi connectivity index (χ2n) is 7.42. The molecule has 7 nitrogen and oxygen atoms in total. The van der Waals surface area contributed by atoms with Crippen LogP contribution in [0.25, 0.3) is 5.76 Å². The maximum Gasteiger partial charge on any atom is 0.296 e. The van der Waals surface area contributed by atoms with Crippen LogP contribution in [0.5, 0.6) is 11.5 Å². The van der Waals surface area contributed by atoms with Crippen LogP contribution in [0.3, 0.4) is 0 Å². The largest absolute Gasteiger partial charge is 0.507 e. The molecule has 0 aliphatic carbocycles. The number of halogens is 1. The molecule has 3 aromatic rings. The number of benzene rings is 2. The summed E-state index contributed by atoms with van der Waals surface area (Å²) in [6, 6.07) is 12.7. The van der Waals surface area contributed by atoms with Gasteiger partial charge in [0.2, 0.25) is 0 Å². The molecule has 2 aromatic carbocycles. The molecule has 0 radical (unpaired) electrons. The van der Waals surface area contributed by atoms with Gasteiger partial charge in [0.05, 0.1) is 24.4 Å². The summed E-state index contributed by atoms with van der Waals surface area (Å²) in [5.74, 6) is -0.990. The zero-order valence-electron chi connectivity index (χ0n) is 16.8. The van der Waals surface area contributed by atoms with Crippen LogP contribution >= 0.6 is 0 Å². The third-order valence-electron chi connectivity index (χ3n) is 5.45. The zero-order chi connectivity index (χ0) is 22.2. The van der Waals surface area contributed by atoms with E-state index in [4.69, 9.17) is 13.9 Å². The van der Waals surface area contributed by atoms with Crippen molar-refractivity contribution >= 4 is 17.4 Å². The number of nitrogens with zero attached hydrogens (tertiary/aromatic N) is 1. The standard InChI is InChI=1S/C24H18FNO6/c25-16-6-3-14(4-7-16)21-20(23(28)24(29)26(21)13-17-2-1-9-30-17)22(27)15-5-8-18-19(12-15)32-11-10-31-18/h1-9,12,21,27H,10-11,13H2/b22-20+. The van der Waals surface area contributed by atoms with Crippen molar-refractivity contribution in [2.75, 3.05) is 13.2 Å². The van der Waals surface area contributed by atoms with Crippen molar-refractivity contribution in [3.8, 4) is 11.5 Å². The van der Waals surface area contributed by atoms with Crippen molar-refractivity contribution < 1.29 is 33.0 Å². The molecule has 1 amide bonds. The zero-order valence-corrected chi connectivity index (χ0v) is 16.8. The van der Waals surface area contributed by atoms with Crippen LogP contribution in [-0.2, 0) is 16.1 Å². The fraction of sp³-hybridized carbons (Fsp3) is 0.167. The number of ether oxygens (including phenoxy) is 2. The fourth-order valence-electron chi connectivity index (χ4n) is 3.95. The summed E-state index contributed by atoms with van der Waals surface area (Å²) in [6.45, 7) is 0.790. The Kier molecular flexibility index (Phi) is 4.89. The molecule has 1 fully saturated rings. The van der Waals surface area contributed by atoms with Gasteiger partial charge in [0, 0.05) is 5.56 Å². The van der Waals surface area contributed by atoms with Gasteiger partial charge in [-0.1, -0.05) is 12.1 Å². The van der Waals surface area contributed by atoms with E-state index in [9.17, 15) is 19.1 Å². The van der Waals surface area contributed by atoms with Gasteiger partial charge in [-0.15, -0.1) is 0 Å². The molecule has 0 spiro atoms. The summed E-state index contributed by atoms with van der Waals surface area (Å²) in [5.41, 5.74) is 0.693. The highest BCUT2D eigenvalue weighted by molar-refractivity contribution is 6.46. The number of Topliss-reactive ketones (excluding diaryl/α,β-unsaturated/α-hetero) is 1. The van der Waals surface area contributed by atoms with Crippen LogP contribution in [-0.4, -0.2) is 34.9 Å². The number of likely N-dealkylation sites (tertiary alicyclic amines) is 1. The summed E-state index contributed by atoms with van der Waals surface area (Å²) >= 11 is 0. The lowest BCUT2D eigenvalue weighted by molar-refractivity contribution is -0.140. The van der Waals surface area contributed by atoms with Crippen molar-refractivity contribution in [3.63, 3.8) is 0 Å². The van der Waals surface area contributed by atoms with Gasteiger partial charge in [0.1, 0.15) is 30.6 Å². The van der Waals surface area contributed by atoms with Gasteiger partial charge >= 0.3 is 0 Å². The second-order valence-corrected chi connectivity index (χ2v) is 7.42. The highest BCUT2D eigenvalue weighted by atomic mass is 19.1. The van der Waals surface area contributed by atoms with Crippen molar-refractivity contribution in [2.45, 2.75) is 12.6 Å². The number of aliphatic hydroxyl groups is 1. The normalized spacial score (nSPS) is 19.4. The number of aliphatic hydroxyl groups excluding tert-OH is 1. The minimum absolute atomic E-state index is 0.0114. The first-order valence-electron chi connectivity index (χ1n) is 9.99. The molecule has 162 valence electrons. The number of carbonyl (C=O) groups excluding carboxylic acids is 2. The number of rotatable bonds is 4. The number of amides is 1. The van der Waals surface area contributed by atoms with Gasteiger partial charge in [0.15, 0.2) is 11.5 Å². The topological polar surface area (TPSA) is 89.2 Å². The Bertz CT molecular complexity index is 1220. The van der Waals surface area contributed by atoms with E-state index in [1.807, 2.05) is 0 Å². The number of carbonyl (C=O) groups is 2. The van der Waals surface area contributed by atoms with Crippen molar-refractivity contribution in [1.82, 2.24) is 4.90 Å². The first-order chi connectivity index (χ1) is 15.5. The molecule has 2 aliphatic rings. The van der Waals surface area contributed by atoms with Crippen LogP contribution in [0.4, 0.5) is 4.39 Å². The fourth-order valence-corrected chi connectivity index (χ4v) is 3.95. The van der Waals surface area contributed by atoms with Crippen LogP contribution in [0.1, 0.15) is 22.9 Å². The van der Waals surface area contributed by atoms with Crippen LogP contribution in [0.15, 0.2) is 70.9 Å². The van der Waals surface area contributed by atoms with E-state index in [2.05, 4.69) is 0 Å². The van der Waals surface area contributed by atoms with Crippen LogP contribution in [0, 0.1) is 5.82 Å². The van der Waals surface area contributed by atoms with E-state index in [0.717, 1.165) is 0 Å². The molecule has 0 saturated carbocycles. The van der Waals surface area contributed by atoms with Gasteiger partial charge in [-0.3, -0.25) is 9.59 Å². The lowest BCUT2D eigenvalue weighted by Gasteiger charge is -2.24. The summed E-state index contributed by atoms with van der Waals surface area (Å²) in [5, 5.41) is 11.1. The maximum atomic E-state index is 13.6. The molecule has 2 aliphatic heterocycles. The summed E-state index contributed by atoms with van der Waals surface area (Å²) in [4.78, 5) is 27.3. The molecule has 1 N–H and O–H groups in total. The smallest absolute Gasteiger partial charge is 0.296 e. The number of fused-ring (bicyclic) bond motifs is 1. The molecule has 1 saturated heterocycles. The predicted octanol–water partition coefficient (Wildman–Crippen LogP) is 3.81.